The molecule has 4 aromatic rings. The molecule has 0 aliphatic rings. The summed E-state index contributed by atoms with van der Waals surface area (Å²) in [6, 6.07) is 32.6. The summed E-state index contributed by atoms with van der Waals surface area (Å²) in [4.78, 5) is 0. The number of unbranched alkanes of at least 4 members (excludes halogenated alkanes) is 18. The molecule has 1 unspecified atom stereocenters. The van der Waals surface area contributed by atoms with Crippen molar-refractivity contribution >= 4 is 28.8 Å². The molecule has 0 spiro atoms. The first-order valence-electron chi connectivity index (χ1n) is 28.0. The molecule has 0 radical (unpaired) electrons. The van der Waals surface area contributed by atoms with Gasteiger partial charge < -0.3 is 37.2 Å². The van der Waals surface area contributed by atoms with E-state index in [4.69, 9.17) is 0 Å². The second-order valence-electron chi connectivity index (χ2n) is 20.5. The molecule has 0 fully saturated rings. The molecule has 1 atom stereocenters. The van der Waals surface area contributed by atoms with Crippen LogP contribution in [0, 0.1) is 0 Å². The Labute approximate surface area is 456 Å². The molecule has 0 bridgehead atoms. The average Bonchev–Trinajstić information content (AvgIpc) is 3.80. The predicted molar refractivity (Wildman–Crippen MR) is 291 cm³/mol. The monoisotopic (exact) mass is 1040 g/mol. The molecule has 0 amide bonds. The van der Waals surface area contributed by atoms with E-state index >= 15 is 0 Å². The van der Waals surface area contributed by atoms with Crippen molar-refractivity contribution in [1.82, 2.24) is 0 Å². The van der Waals surface area contributed by atoms with Crippen molar-refractivity contribution in [2.24, 2.45) is 0 Å². The van der Waals surface area contributed by atoms with E-state index in [9.17, 15) is 0 Å². The van der Waals surface area contributed by atoms with Gasteiger partial charge in [0.15, 0.2) is 0 Å². The molecule has 0 aromatic heterocycles. The Morgan fingerprint density at radius 2 is 0.618 bits per heavy atom. The van der Waals surface area contributed by atoms with E-state index in [-0.39, 0.29) is 58.9 Å². The number of hydrogen-bond acceptors (Lipinski definition) is 0. The zero-order chi connectivity index (χ0) is 45.8. The molecular formula is C63H99Cl3SiTi. The third-order valence-corrected chi connectivity index (χ3v) is 19.4. The standard InChI is InChI=1S/C63H99Si.3ClH.Ti/c1-9-16-22-28-34-53-42-54(35-29-23-17-10-2)46-61(45-53)64(60-41-40-59(51-60)52(8)15-7,62-47-55(36-30-24-18-11-3)43-56(48-62)37-31-25-19-12-4)63-49-57(38-32-26-20-13-5)44-58(50-63)39-33-27-21-14-6;;;;/h40-52H,9-39H2,1-8H3;3*1H;/q-1;;;;+4/p-3. The minimum atomic E-state index is -2.85. The van der Waals surface area contributed by atoms with Gasteiger partial charge in [0.2, 0.25) is 0 Å². The maximum atomic E-state index is 2.79. The van der Waals surface area contributed by atoms with E-state index in [1.165, 1.54) is 205 Å². The van der Waals surface area contributed by atoms with Gasteiger partial charge >= 0.3 is 21.7 Å². The fourth-order valence-electron chi connectivity index (χ4n) is 10.6. The summed E-state index contributed by atoms with van der Waals surface area (Å²) in [5, 5.41) is 6.61. The van der Waals surface area contributed by atoms with Crippen LogP contribution in [0.25, 0.3) is 0 Å². The van der Waals surface area contributed by atoms with Gasteiger partial charge in [-0.15, -0.1) is 5.19 Å². The molecule has 0 aliphatic carbocycles. The summed E-state index contributed by atoms with van der Waals surface area (Å²) in [5.74, 6) is 0.553. The summed E-state index contributed by atoms with van der Waals surface area (Å²) in [6.07, 6.45) is 39.9. The fourth-order valence-corrected chi connectivity index (χ4v) is 15.7. The zero-order valence-electron chi connectivity index (χ0n) is 45.1. The van der Waals surface area contributed by atoms with Gasteiger partial charge in [-0.3, -0.25) is 0 Å². The Hall–Kier alpha value is -1.19. The minimum absolute atomic E-state index is 0. The van der Waals surface area contributed by atoms with Crippen LogP contribution in [0.2, 0.25) is 0 Å². The molecule has 0 saturated carbocycles. The van der Waals surface area contributed by atoms with Gasteiger partial charge in [-0.25, -0.2) is 6.07 Å². The van der Waals surface area contributed by atoms with E-state index in [0.29, 0.717) is 5.92 Å². The van der Waals surface area contributed by atoms with Crippen LogP contribution in [0.15, 0.2) is 72.8 Å². The molecule has 0 heterocycles. The van der Waals surface area contributed by atoms with E-state index in [1.54, 1.807) is 54.1 Å². The molecular weight excluding hydrogens is 939 g/mol. The molecule has 5 heteroatoms. The Morgan fingerprint density at radius 3 is 0.838 bits per heavy atom. The maximum Gasteiger partial charge on any atom is 4.00 e. The third-order valence-electron chi connectivity index (χ3n) is 14.8. The van der Waals surface area contributed by atoms with Crippen molar-refractivity contribution < 1.29 is 58.9 Å². The van der Waals surface area contributed by atoms with Crippen molar-refractivity contribution in [1.29, 1.82) is 0 Å². The second-order valence-corrected chi connectivity index (χ2v) is 24.3. The molecule has 4 aromatic carbocycles. The van der Waals surface area contributed by atoms with Crippen LogP contribution in [0.3, 0.4) is 0 Å². The quantitative estimate of drug-likeness (QED) is 0.0188. The van der Waals surface area contributed by atoms with Crippen LogP contribution < -0.4 is 58.0 Å². The summed E-state index contributed by atoms with van der Waals surface area (Å²) in [5.41, 5.74) is 11.1. The largest absolute Gasteiger partial charge is 4.00 e. The molecule has 0 aliphatic heterocycles. The van der Waals surface area contributed by atoms with E-state index in [1.807, 2.05) is 0 Å². The summed E-state index contributed by atoms with van der Waals surface area (Å²) in [7, 11) is -2.85. The van der Waals surface area contributed by atoms with Crippen LogP contribution in [0.1, 0.15) is 261 Å². The predicted octanol–water partition coefficient (Wildman–Crippen LogP) is 8.04. The van der Waals surface area contributed by atoms with Gasteiger partial charge in [0.1, 0.15) is 8.07 Å². The molecule has 4 rings (SSSR count). The Morgan fingerprint density at radius 1 is 0.368 bits per heavy atom. The van der Waals surface area contributed by atoms with Crippen molar-refractivity contribution in [2.75, 3.05) is 0 Å². The maximum absolute atomic E-state index is 2.85. The normalized spacial score (nSPS) is 11.6. The molecule has 0 saturated heterocycles. The Kier molecular flexibility index (Phi) is 38.7. The van der Waals surface area contributed by atoms with Crippen LogP contribution in [0.4, 0.5) is 0 Å². The minimum Gasteiger partial charge on any atom is -1.00 e. The van der Waals surface area contributed by atoms with E-state index < -0.39 is 8.07 Å². The first-order chi connectivity index (χ1) is 31.4. The van der Waals surface area contributed by atoms with Crippen molar-refractivity contribution in [3.8, 4) is 0 Å². The van der Waals surface area contributed by atoms with Crippen molar-refractivity contribution in [3.05, 3.63) is 112 Å². The topological polar surface area (TPSA) is 0 Å². The molecule has 380 valence electrons. The second kappa shape index (κ2) is 39.4. The van der Waals surface area contributed by atoms with E-state index in [2.05, 4.69) is 128 Å². The van der Waals surface area contributed by atoms with Gasteiger partial charge in [-0.05, 0) is 110 Å². The van der Waals surface area contributed by atoms with Gasteiger partial charge in [-0.1, -0.05) is 253 Å². The Balaban J connectivity index is 0.0000112. The number of aryl methyl sites for hydroxylation is 6. The zero-order valence-corrected chi connectivity index (χ0v) is 49.9. The smallest absolute Gasteiger partial charge is 1.00 e. The van der Waals surface area contributed by atoms with Gasteiger partial charge in [0.05, 0.1) is 0 Å². The van der Waals surface area contributed by atoms with Crippen LogP contribution in [0.5, 0.6) is 0 Å². The van der Waals surface area contributed by atoms with Gasteiger partial charge in [-0.2, -0.15) is 17.7 Å². The number of halogens is 3. The first-order valence-corrected chi connectivity index (χ1v) is 30.0. The van der Waals surface area contributed by atoms with Gasteiger partial charge in [0.25, 0.3) is 0 Å². The molecule has 68 heavy (non-hydrogen) atoms. The fraction of sp³-hybridized carbons (Fsp3) is 0.635. The summed E-state index contributed by atoms with van der Waals surface area (Å²) in [6.45, 7) is 19.0. The Bertz CT molecular complexity index is 1580. The van der Waals surface area contributed by atoms with Crippen LogP contribution >= 0.6 is 0 Å². The third kappa shape index (κ3) is 21.9. The number of benzene rings is 3. The van der Waals surface area contributed by atoms with Crippen molar-refractivity contribution in [2.45, 2.75) is 260 Å². The van der Waals surface area contributed by atoms with Crippen molar-refractivity contribution in [3.63, 3.8) is 0 Å². The summed E-state index contributed by atoms with van der Waals surface area (Å²) < 4.78 is 0. The number of hydrogen-bond donors (Lipinski definition) is 0. The summed E-state index contributed by atoms with van der Waals surface area (Å²) >= 11 is 0. The number of rotatable bonds is 36. The molecule has 0 N–H and O–H groups in total. The average molecular weight is 1040 g/mol. The molecule has 0 nitrogen and oxygen atoms in total. The van der Waals surface area contributed by atoms with Crippen LogP contribution in [-0.2, 0) is 60.2 Å². The van der Waals surface area contributed by atoms with Gasteiger partial charge in [0, 0.05) is 0 Å². The first kappa shape index (κ1) is 66.8. The SMILES string of the molecule is CCCCCCc1cc(CCCCCC)cc([Si](c2cc(CCCCCC)cc(CCCCCC)c2)(c2cc(CCCCCC)cc(CCCCCC)c2)[c-]2ccc(C(C)CC)c2)c1.[Cl-].[Cl-].[Cl-].[Ti+4]. The van der Waals surface area contributed by atoms with E-state index in [0.717, 1.165) is 0 Å². The van der Waals surface area contributed by atoms with Crippen LogP contribution in [-0.4, -0.2) is 8.07 Å².